The van der Waals surface area contributed by atoms with Gasteiger partial charge in [-0.15, -0.1) is 0 Å². The molecule has 2 rings (SSSR count). The molecule has 0 aliphatic heterocycles. The molecule has 0 spiro atoms. The van der Waals surface area contributed by atoms with E-state index in [1.165, 1.54) is 12.1 Å². The number of benzene rings is 2. The van der Waals surface area contributed by atoms with Crippen LogP contribution in [-0.4, -0.2) is 4.99 Å². The molecule has 0 amide bonds. The van der Waals surface area contributed by atoms with Gasteiger partial charge in [0.05, 0.1) is 16.4 Å². The van der Waals surface area contributed by atoms with E-state index in [0.29, 0.717) is 10.7 Å². The van der Waals surface area contributed by atoms with Gasteiger partial charge in [-0.3, -0.25) is 0 Å². The second kappa shape index (κ2) is 6.19. The standard InChI is InChI=1S/C13H8ClF2IN2S/c14-8-5-6(17)1-3-9(8)19-10-4-2-7(13(18)20)11(15)12(10)16/h1-5,19H,(H2,18,20). The van der Waals surface area contributed by atoms with E-state index in [1.807, 2.05) is 0 Å². The van der Waals surface area contributed by atoms with E-state index in [9.17, 15) is 8.78 Å². The Morgan fingerprint density at radius 2 is 1.80 bits per heavy atom. The largest absolute Gasteiger partial charge is 0.389 e. The van der Waals surface area contributed by atoms with Crippen molar-refractivity contribution in [2.24, 2.45) is 5.73 Å². The van der Waals surface area contributed by atoms with Crippen LogP contribution in [0.5, 0.6) is 0 Å². The quantitative estimate of drug-likeness (QED) is 0.559. The summed E-state index contributed by atoms with van der Waals surface area (Å²) in [6.45, 7) is 0. The fraction of sp³-hybridized carbons (Fsp3) is 0. The second-order valence-electron chi connectivity index (χ2n) is 3.90. The Bertz CT molecular complexity index is 694. The number of thiocarbonyl (C=S) groups is 1. The van der Waals surface area contributed by atoms with E-state index in [-0.39, 0.29) is 16.2 Å². The molecule has 0 saturated carbocycles. The molecule has 0 aliphatic carbocycles. The molecule has 2 nitrogen and oxygen atoms in total. The van der Waals surface area contributed by atoms with Crippen LogP contribution in [0.3, 0.4) is 0 Å². The highest BCUT2D eigenvalue weighted by Crippen LogP contribution is 2.29. The van der Waals surface area contributed by atoms with Crippen LogP contribution in [-0.2, 0) is 0 Å². The Labute approximate surface area is 138 Å². The monoisotopic (exact) mass is 424 g/mol. The molecule has 0 saturated heterocycles. The predicted molar refractivity (Wildman–Crippen MR) is 89.7 cm³/mol. The fourth-order valence-corrected chi connectivity index (χ4v) is 2.63. The Hall–Kier alpha value is -0.990. The molecule has 104 valence electrons. The Balaban J connectivity index is 2.39. The zero-order valence-electron chi connectivity index (χ0n) is 9.88. The number of hydrogen-bond donors (Lipinski definition) is 2. The van der Waals surface area contributed by atoms with Gasteiger partial charge in [0.2, 0.25) is 0 Å². The summed E-state index contributed by atoms with van der Waals surface area (Å²) >= 11 is 12.8. The van der Waals surface area contributed by atoms with Crippen LogP contribution < -0.4 is 11.1 Å². The highest BCUT2D eigenvalue weighted by molar-refractivity contribution is 14.1. The van der Waals surface area contributed by atoms with Gasteiger partial charge in [-0.2, -0.15) is 0 Å². The first-order valence-electron chi connectivity index (χ1n) is 5.40. The van der Waals surface area contributed by atoms with E-state index in [1.54, 1.807) is 18.2 Å². The number of anilines is 2. The molecule has 20 heavy (non-hydrogen) atoms. The van der Waals surface area contributed by atoms with Crippen LogP contribution in [0.25, 0.3) is 0 Å². The fourth-order valence-electron chi connectivity index (χ4n) is 1.57. The van der Waals surface area contributed by atoms with Crippen molar-refractivity contribution in [3.63, 3.8) is 0 Å². The first kappa shape index (κ1) is 15.4. The van der Waals surface area contributed by atoms with Crippen LogP contribution in [0.15, 0.2) is 30.3 Å². The molecule has 0 aromatic heterocycles. The lowest BCUT2D eigenvalue weighted by Gasteiger charge is -2.11. The predicted octanol–water partition coefficient (Wildman–Crippen LogP) is 4.60. The summed E-state index contributed by atoms with van der Waals surface area (Å²) in [6.07, 6.45) is 0. The molecule has 3 N–H and O–H groups in total. The second-order valence-corrected chi connectivity index (χ2v) is 5.99. The highest BCUT2D eigenvalue weighted by atomic mass is 127. The van der Waals surface area contributed by atoms with E-state index in [2.05, 4.69) is 40.1 Å². The van der Waals surface area contributed by atoms with Gasteiger partial charge in [-0.05, 0) is 52.9 Å². The van der Waals surface area contributed by atoms with Gasteiger partial charge in [0.25, 0.3) is 0 Å². The molecular formula is C13H8ClF2IN2S. The Morgan fingerprint density at radius 3 is 2.40 bits per heavy atom. The van der Waals surface area contributed by atoms with Gasteiger partial charge in [0.15, 0.2) is 11.6 Å². The normalized spacial score (nSPS) is 10.4. The summed E-state index contributed by atoms with van der Waals surface area (Å²) in [6, 6.07) is 7.88. The van der Waals surface area contributed by atoms with Crippen LogP contribution in [0.2, 0.25) is 5.02 Å². The van der Waals surface area contributed by atoms with Crippen molar-refractivity contribution in [1.29, 1.82) is 0 Å². The minimum atomic E-state index is -1.08. The summed E-state index contributed by atoms with van der Waals surface area (Å²) in [5, 5.41) is 3.15. The first-order valence-corrected chi connectivity index (χ1v) is 7.26. The number of halogens is 4. The summed E-state index contributed by atoms with van der Waals surface area (Å²) in [7, 11) is 0. The van der Waals surface area contributed by atoms with Gasteiger partial charge < -0.3 is 11.1 Å². The Morgan fingerprint density at radius 1 is 1.15 bits per heavy atom. The van der Waals surface area contributed by atoms with Crippen LogP contribution in [0, 0.1) is 15.2 Å². The minimum Gasteiger partial charge on any atom is -0.389 e. The lowest BCUT2D eigenvalue weighted by atomic mass is 10.1. The third kappa shape index (κ3) is 3.18. The lowest BCUT2D eigenvalue weighted by molar-refractivity contribution is 0.510. The van der Waals surface area contributed by atoms with E-state index >= 15 is 0 Å². The third-order valence-corrected chi connectivity index (χ3v) is 3.75. The Kier molecular flexibility index (Phi) is 4.77. The highest BCUT2D eigenvalue weighted by Gasteiger charge is 2.15. The summed E-state index contributed by atoms with van der Waals surface area (Å²) in [5.41, 5.74) is 5.62. The van der Waals surface area contributed by atoms with E-state index < -0.39 is 11.6 Å². The van der Waals surface area contributed by atoms with Gasteiger partial charge in [-0.25, -0.2) is 8.78 Å². The number of nitrogens with two attached hydrogens (primary N) is 1. The van der Waals surface area contributed by atoms with Crippen molar-refractivity contribution in [1.82, 2.24) is 0 Å². The zero-order chi connectivity index (χ0) is 14.9. The molecule has 7 heteroatoms. The van der Waals surface area contributed by atoms with Gasteiger partial charge in [0, 0.05) is 9.13 Å². The number of nitrogens with one attached hydrogen (secondary N) is 1. The average molecular weight is 425 g/mol. The number of rotatable bonds is 3. The SMILES string of the molecule is NC(=S)c1ccc(Nc2ccc(I)cc2Cl)c(F)c1F. The van der Waals surface area contributed by atoms with Crippen LogP contribution >= 0.6 is 46.4 Å². The molecule has 0 aliphatic rings. The van der Waals surface area contributed by atoms with Gasteiger partial charge in [-0.1, -0.05) is 23.8 Å². The van der Waals surface area contributed by atoms with Gasteiger partial charge in [0.1, 0.15) is 4.99 Å². The maximum Gasteiger partial charge on any atom is 0.182 e. The molecule has 0 unspecified atom stereocenters. The molecule has 0 bridgehead atoms. The van der Waals surface area contributed by atoms with Crippen molar-refractivity contribution < 1.29 is 8.78 Å². The molecule has 2 aromatic carbocycles. The summed E-state index contributed by atoms with van der Waals surface area (Å²) in [4.78, 5) is -0.194. The van der Waals surface area contributed by atoms with E-state index in [4.69, 9.17) is 17.3 Å². The minimum absolute atomic E-state index is 0.0365. The maximum absolute atomic E-state index is 13.9. The molecule has 0 fully saturated rings. The van der Waals surface area contributed by atoms with Crippen molar-refractivity contribution in [2.45, 2.75) is 0 Å². The zero-order valence-corrected chi connectivity index (χ0v) is 13.6. The van der Waals surface area contributed by atoms with Crippen LogP contribution in [0.1, 0.15) is 5.56 Å². The topological polar surface area (TPSA) is 38.0 Å². The molecule has 0 atom stereocenters. The maximum atomic E-state index is 13.9. The molecule has 0 radical (unpaired) electrons. The number of hydrogen-bond acceptors (Lipinski definition) is 2. The average Bonchev–Trinajstić information content (AvgIpc) is 2.37. The first-order chi connectivity index (χ1) is 9.40. The van der Waals surface area contributed by atoms with Crippen LogP contribution in [0.4, 0.5) is 20.2 Å². The molecule has 0 heterocycles. The van der Waals surface area contributed by atoms with Crippen molar-refractivity contribution in [3.05, 3.63) is 56.1 Å². The van der Waals surface area contributed by atoms with Crippen molar-refractivity contribution in [3.8, 4) is 0 Å². The van der Waals surface area contributed by atoms with Crippen molar-refractivity contribution in [2.75, 3.05) is 5.32 Å². The lowest BCUT2D eigenvalue weighted by Crippen LogP contribution is -2.13. The van der Waals surface area contributed by atoms with E-state index in [0.717, 1.165) is 3.57 Å². The molecule has 2 aromatic rings. The van der Waals surface area contributed by atoms with Gasteiger partial charge >= 0.3 is 0 Å². The third-order valence-electron chi connectivity index (χ3n) is 2.55. The summed E-state index contributed by atoms with van der Waals surface area (Å²) < 4.78 is 28.6. The van der Waals surface area contributed by atoms with Crippen molar-refractivity contribution >= 4 is 62.8 Å². The summed E-state index contributed by atoms with van der Waals surface area (Å²) in [5.74, 6) is -2.13. The molecular weight excluding hydrogens is 417 g/mol. The smallest absolute Gasteiger partial charge is 0.182 e.